The molecule has 0 saturated carbocycles. The summed E-state index contributed by atoms with van der Waals surface area (Å²) in [6.07, 6.45) is 4.52. The van der Waals surface area contributed by atoms with E-state index >= 15 is 0 Å². The molecule has 1 aromatic heterocycles. The molecule has 1 aromatic carbocycles. The second kappa shape index (κ2) is 13.3. The van der Waals surface area contributed by atoms with Crippen LogP contribution in [0.25, 0.3) is 10.9 Å². The van der Waals surface area contributed by atoms with E-state index < -0.39 is 48.0 Å². The molecule has 4 amide bonds. The van der Waals surface area contributed by atoms with Gasteiger partial charge in [0.15, 0.2) is 0 Å². The van der Waals surface area contributed by atoms with E-state index in [4.69, 9.17) is 5.73 Å². The standard InChI is InChI=1S/C24H36N6O5/c1-4-5-6-11-18(22(32)30-20(21(25)31)14(2)26-3)28-24(35)29-19(23(33)34)12-15-13-27-17-10-8-7-9-16(15)17/h7-10,13-14,18-20,26-27H,4-6,11-12H2,1-3H3,(H2,25,31)(H,30,32)(H,33,34)(H2,28,29,35)/t14-,18-,19-,20-/m0/s1. The Morgan fingerprint density at radius 2 is 1.74 bits per heavy atom. The normalized spacial score (nSPS) is 14.5. The lowest BCUT2D eigenvalue weighted by molar-refractivity contribution is -0.139. The number of amides is 4. The first-order valence-corrected chi connectivity index (χ1v) is 11.8. The van der Waals surface area contributed by atoms with Crippen molar-refractivity contribution in [3.63, 3.8) is 0 Å². The van der Waals surface area contributed by atoms with Crippen molar-refractivity contribution in [2.45, 2.75) is 70.1 Å². The molecule has 11 heteroatoms. The van der Waals surface area contributed by atoms with Gasteiger partial charge in [-0.3, -0.25) is 9.59 Å². The lowest BCUT2D eigenvalue weighted by atomic mass is 10.0. The number of fused-ring (bicyclic) bond motifs is 1. The molecule has 4 atom stereocenters. The molecular formula is C24H36N6O5. The molecule has 35 heavy (non-hydrogen) atoms. The first-order valence-electron chi connectivity index (χ1n) is 11.8. The highest BCUT2D eigenvalue weighted by atomic mass is 16.4. The number of primary amides is 1. The number of aromatic nitrogens is 1. The fraction of sp³-hybridized carbons (Fsp3) is 0.500. The van der Waals surface area contributed by atoms with Gasteiger partial charge in [0.05, 0.1) is 0 Å². The number of urea groups is 1. The van der Waals surface area contributed by atoms with Crippen molar-refractivity contribution in [2.75, 3.05) is 7.05 Å². The lowest BCUT2D eigenvalue weighted by Gasteiger charge is -2.26. The van der Waals surface area contributed by atoms with Crippen molar-refractivity contribution in [2.24, 2.45) is 5.73 Å². The summed E-state index contributed by atoms with van der Waals surface area (Å²) in [6.45, 7) is 3.71. The third-order valence-electron chi connectivity index (χ3n) is 5.98. The predicted molar refractivity (Wildman–Crippen MR) is 133 cm³/mol. The summed E-state index contributed by atoms with van der Waals surface area (Å²) < 4.78 is 0. The molecule has 0 unspecified atom stereocenters. The number of hydrogen-bond acceptors (Lipinski definition) is 5. The number of carbonyl (C=O) groups excluding carboxylic acids is 3. The molecule has 192 valence electrons. The molecule has 1 heterocycles. The van der Waals surface area contributed by atoms with E-state index in [1.807, 2.05) is 31.2 Å². The smallest absolute Gasteiger partial charge is 0.326 e. The zero-order chi connectivity index (χ0) is 26.0. The minimum absolute atomic E-state index is 0.0584. The van der Waals surface area contributed by atoms with Gasteiger partial charge < -0.3 is 37.1 Å². The number of nitrogens with two attached hydrogens (primary N) is 1. The minimum atomic E-state index is -1.21. The maximum atomic E-state index is 12.9. The van der Waals surface area contributed by atoms with Crippen LogP contribution in [0.4, 0.5) is 4.79 Å². The molecule has 0 saturated heterocycles. The number of H-pyrrole nitrogens is 1. The van der Waals surface area contributed by atoms with E-state index in [0.29, 0.717) is 12.8 Å². The quantitative estimate of drug-likeness (QED) is 0.195. The van der Waals surface area contributed by atoms with E-state index in [0.717, 1.165) is 29.3 Å². The molecule has 0 bridgehead atoms. The summed E-state index contributed by atoms with van der Waals surface area (Å²) in [4.78, 5) is 52.4. The summed E-state index contributed by atoms with van der Waals surface area (Å²) in [5, 5.41) is 21.1. The molecule has 2 rings (SSSR count). The van der Waals surface area contributed by atoms with Crippen molar-refractivity contribution in [3.8, 4) is 0 Å². The first-order chi connectivity index (χ1) is 16.7. The van der Waals surface area contributed by atoms with Gasteiger partial charge in [-0.1, -0.05) is 44.4 Å². The molecular weight excluding hydrogens is 452 g/mol. The number of para-hydroxylation sites is 1. The Bertz CT molecular complexity index is 1020. The average molecular weight is 489 g/mol. The molecule has 0 spiro atoms. The molecule has 0 aliphatic heterocycles. The Kier molecular flexibility index (Phi) is 10.5. The Morgan fingerprint density at radius 1 is 1.06 bits per heavy atom. The fourth-order valence-corrected chi connectivity index (χ4v) is 3.81. The molecule has 0 aliphatic rings. The maximum Gasteiger partial charge on any atom is 0.326 e. The van der Waals surface area contributed by atoms with Gasteiger partial charge in [0, 0.05) is 29.6 Å². The number of hydrogen-bond donors (Lipinski definition) is 7. The average Bonchev–Trinajstić information content (AvgIpc) is 3.23. The summed E-state index contributed by atoms with van der Waals surface area (Å²) in [7, 11) is 1.64. The molecule has 0 fully saturated rings. The number of aromatic amines is 1. The number of carboxylic acid groups (broad SMARTS) is 1. The van der Waals surface area contributed by atoms with Gasteiger partial charge in [-0.25, -0.2) is 9.59 Å². The van der Waals surface area contributed by atoms with E-state index in [9.17, 15) is 24.3 Å². The zero-order valence-electron chi connectivity index (χ0n) is 20.4. The van der Waals surface area contributed by atoms with Crippen molar-refractivity contribution < 1.29 is 24.3 Å². The van der Waals surface area contributed by atoms with Crippen LogP contribution < -0.4 is 27.0 Å². The highest BCUT2D eigenvalue weighted by Crippen LogP contribution is 2.19. The second-order valence-electron chi connectivity index (χ2n) is 8.59. The predicted octanol–water partition coefficient (Wildman–Crippen LogP) is 0.990. The summed E-state index contributed by atoms with van der Waals surface area (Å²) in [6, 6.07) is 3.11. The highest BCUT2D eigenvalue weighted by Gasteiger charge is 2.29. The number of unbranched alkanes of at least 4 members (excludes halogenated alkanes) is 2. The molecule has 2 aromatic rings. The molecule has 0 aliphatic carbocycles. The second-order valence-corrected chi connectivity index (χ2v) is 8.59. The SMILES string of the molecule is CCCCC[C@H](NC(=O)N[C@@H](Cc1c[nH]c2ccccc12)C(=O)O)C(=O)N[C@H](C(N)=O)[C@H](C)NC. The molecule has 0 radical (unpaired) electrons. The van der Waals surface area contributed by atoms with Crippen LogP contribution in [0.2, 0.25) is 0 Å². The Morgan fingerprint density at radius 3 is 2.37 bits per heavy atom. The topological polar surface area (TPSA) is 178 Å². The first kappa shape index (κ1) is 27.6. The summed E-state index contributed by atoms with van der Waals surface area (Å²) in [5.74, 6) is -2.47. The lowest BCUT2D eigenvalue weighted by Crippen LogP contribution is -2.60. The van der Waals surface area contributed by atoms with Gasteiger partial charge in [0.1, 0.15) is 18.1 Å². The number of rotatable bonds is 14. The van der Waals surface area contributed by atoms with Crippen LogP contribution in [-0.2, 0) is 20.8 Å². The number of likely N-dealkylation sites (N-methyl/N-ethyl adjacent to an activating group) is 1. The zero-order valence-corrected chi connectivity index (χ0v) is 20.4. The monoisotopic (exact) mass is 488 g/mol. The molecule has 11 nitrogen and oxygen atoms in total. The van der Waals surface area contributed by atoms with Crippen LogP contribution in [0.15, 0.2) is 30.5 Å². The van der Waals surface area contributed by atoms with Crippen LogP contribution >= 0.6 is 0 Å². The van der Waals surface area contributed by atoms with Crippen molar-refractivity contribution in [1.29, 1.82) is 0 Å². The fourth-order valence-electron chi connectivity index (χ4n) is 3.81. The minimum Gasteiger partial charge on any atom is -0.480 e. The third-order valence-corrected chi connectivity index (χ3v) is 5.98. The van der Waals surface area contributed by atoms with Crippen molar-refractivity contribution in [3.05, 3.63) is 36.0 Å². The van der Waals surface area contributed by atoms with E-state index in [-0.39, 0.29) is 6.42 Å². The van der Waals surface area contributed by atoms with Crippen LogP contribution in [0.3, 0.4) is 0 Å². The van der Waals surface area contributed by atoms with Gasteiger partial charge in [-0.2, -0.15) is 0 Å². The van der Waals surface area contributed by atoms with Crippen LogP contribution in [0, 0.1) is 0 Å². The maximum absolute atomic E-state index is 12.9. The van der Waals surface area contributed by atoms with Gasteiger partial charge in [-0.15, -0.1) is 0 Å². The van der Waals surface area contributed by atoms with Gasteiger partial charge >= 0.3 is 12.0 Å². The number of nitrogens with one attached hydrogen (secondary N) is 5. The Labute approximate surface area is 204 Å². The summed E-state index contributed by atoms with van der Waals surface area (Å²) >= 11 is 0. The summed E-state index contributed by atoms with van der Waals surface area (Å²) in [5.41, 5.74) is 7.04. The Hall–Kier alpha value is -3.60. The Balaban J connectivity index is 2.10. The highest BCUT2D eigenvalue weighted by molar-refractivity contribution is 5.92. The van der Waals surface area contributed by atoms with E-state index in [2.05, 4.69) is 26.3 Å². The number of benzene rings is 1. The van der Waals surface area contributed by atoms with Crippen LogP contribution in [-0.4, -0.2) is 65.1 Å². The van der Waals surface area contributed by atoms with Crippen LogP contribution in [0.5, 0.6) is 0 Å². The van der Waals surface area contributed by atoms with Gasteiger partial charge in [0.2, 0.25) is 11.8 Å². The molecule has 8 N–H and O–H groups in total. The van der Waals surface area contributed by atoms with E-state index in [1.165, 1.54) is 0 Å². The number of carbonyl (C=O) groups is 4. The number of aliphatic carboxylic acids is 1. The van der Waals surface area contributed by atoms with E-state index in [1.54, 1.807) is 20.2 Å². The number of carboxylic acids is 1. The van der Waals surface area contributed by atoms with Gasteiger partial charge in [0.25, 0.3) is 0 Å². The third kappa shape index (κ3) is 7.99. The largest absolute Gasteiger partial charge is 0.480 e. The van der Waals surface area contributed by atoms with Crippen LogP contribution in [0.1, 0.15) is 45.1 Å². The van der Waals surface area contributed by atoms with Crippen molar-refractivity contribution >= 4 is 34.7 Å². The van der Waals surface area contributed by atoms with Crippen molar-refractivity contribution in [1.82, 2.24) is 26.3 Å². The van der Waals surface area contributed by atoms with Gasteiger partial charge in [-0.05, 0) is 32.0 Å².